The summed E-state index contributed by atoms with van der Waals surface area (Å²) in [5, 5.41) is 2.96. The fraction of sp³-hybridized carbons (Fsp3) is 0.125. The number of hydrogen-bond donors (Lipinski definition) is 1. The van der Waals surface area contributed by atoms with Gasteiger partial charge in [-0.1, -0.05) is 30.4 Å². The SMILES string of the molecule is CCc1cccc2sc(NC(=O)c3ccc(F)cc3F)nc12. The number of carbonyl (C=O) groups excluding carboxylic acids is 1. The van der Waals surface area contributed by atoms with Crippen molar-refractivity contribution < 1.29 is 13.6 Å². The van der Waals surface area contributed by atoms with Crippen LogP contribution in [0.15, 0.2) is 36.4 Å². The third kappa shape index (κ3) is 2.69. The smallest absolute Gasteiger partial charge is 0.260 e. The van der Waals surface area contributed by atoms with Gasteiger partial charge in [0.25, 0.3) is 5.91 Å². The number of rotatable bonds is 3. The van der Waals surface area contributed by atoms with E-state index < -0.39 is 17.5 Å². The van der Waals surface area contributed by atoms with Crippen molar-refractivity contribution in [3.05, 3.63) is 59.2 Å². The number of aryl methyl sites for hydroxylation is 1. The maximum Gasteiger partial charge on any atom is 0.260 e. The van der Waals surface area contributed by atoms with Gasteiger partial charge in [-0.2, -0.15) is 0 Å². The average molecular weight is 318 g/mol. The summed E-state index contributed by atoms with van der Waals surface area (Å²) in [5.74, 6) is -2.26. The summed E-state index contributed by atoms with van der Waals surface area (Å²) in [7, 11) is 0. The lowest BCUT2D eigenvalue weighted by Gasteiger charge is -2.02. The van der Waals surface area contributed by atoms with Gasteiger partial charge in [-0.15, -0.1) is 0 Å². The molecule has 1 heterocycles. The van der Waals surface area contributed by atoms with Crippen molar-refractivity contribution in [1.82, 2.24) is 4.98 Å². The first-order valence-corrected chi connectivity index (χ1v) is 7.55. The molecule has 3 nitrogen and oxygen atoms in total. The molecule has 0 saturated carbocycles. The highest BCUT2D eigenvalue weighted by Gasteiger charge is 2.15. The van der Waals surface area contributed by atoms with Crippen LogP contribution in [0.3, 0.4) is 0 Å². The maximum atomic E-state index is 13.6. The molecule has 3 rings (SSSR count). The number of thiazole rings is 1. The number of halogens is 2. The first-order valence-electron chi connectivity index (χ1n) is 6.73. The van der Waals surface area contributed by atoms with Gasteiger partial charge in [0.1, 0.15) is 11.6 Å². The van der Waals surface area contributed by atoms with Gasteiger partial charge in [-0.25, -0.2) is 13.8 Å². The Labute approximate surface area is 129 Å². The fourth-order valence-electron chi connectivity index (χ4n) is 2.18. The zero-order valence-corrected chi connectivity index (χ0v) is 12.5. The van der Waals surface area contributed by atoms with Crippen LogP contribution >= 0.6 is 11.3 Å². The Morgan fingerprint density at radius 1 is 1.27 bits per heavy atom. The molecule has 3 aromatic rings. The standard InChI is InChI=1S/C16H12F2N2OS/c1-2-9-4-3-5-13-14(9)19-16(22-13)20-15(21)11-7-6-10(17)8-12(11)18/h3-8H,2H2,1H3,(H,19,20,21). The molecule has 6 heteroatoms. The number of carbonyl (C=O) groups is 1. The van der Waals surface area contributed by atoms with Crippen LogP contribution in [0.2, 0.25) is 0 Å². The molecule has 1 aromatic heterocycles. The number of hydrogen-bond acceptors (Lipinski definition) is 3. The van der Waals surface area contributed by atoms with Crippen molar-refractivity contribution in [2.75, 3.05) is 5.32 Å². The lowest BCUT2D eigenvalue weighted by molar-refractivity contribution is 0.102. The van der Waals surface area contributed by atoms with E-state index in [1.165, 1.54) is 11.3 Å². The largest absolute Gasteiger partial charge is 0.298 e. The van der Waals surface area contributed by atoms with E-state index in [1.54, 1.807) is 0 Å². The van der Waals surface area contributed by atoms with Crippen molar-refractivity contribution in [3.63, 3.8) is 0 Å². The summed E-state index contributed by atoms with van der Waals surface area (Å²) >= 11 is 1.32. The molecule has 0 aliphatic rings. The van der Waals surface area contributed by atoms with E-state index in [0.29, 0.717) is 11.2 Å². The summed E-state index contributed by atoms with van der Waals surface area (Å²) in [4.78, 5) is 16.5. The molecule has 0 aliphatic heterocycles. The zero-order valence-electron chi connectivity index (χ0n) is 11.7. The molecule has 0 saturated heterocycles. The number of nitrogens with one attached hydrogen (secondary N) is 1. The molecule has 1 amide bonds. The number of benzene rings is 2. The molecule has 0 atom stereocenters. The fourth-order valence-corrected chi connectivity index (χ4v) is 3.09. The van der Waals surface area contributed by atoms with Crippen molar-refractivity contribution in [2.24, 2.45) is 0 Å². The number of aromatic nitrogens is 1. The zero-order chi connectivity index (χ0) is 15.7. The molecule has 0 radical (unpaired) electrons. The summed E-state index contributed by atoms with van der Waals surface area (Å²) in [5.41, 5.74) is 1.71. The molecule has 0 unspecified atom stereocenters. The van der Waals surface area contributed by atoms with Crippen molar-refractivity contribution in [3.8, 4) is 0 Å². The number of amides is 1. The van der Waals surface area contributed by atoms with Crippen LogP contribution in [-0.2, 0) is 6.42 Å². The average Bonchev–Trinajstić information content (AvgIpc) is 2.89. The molecule has 0 aliphatic carbocycles. The second-order valence-electron chi connectivity index (χ2n) is 4.71. The van der Waals surface area contributed by atoms with Crippen LogP contribution in [-0.4, -0.2) is 10.9 Å². The van der Waals surface area contributed by atoms with Crippen molar-refractivity contribution >= 4 is 32.6 Å². The van der Waals surface area contributed by atoms with Crippen molar-refractivity contribution in [2.45, 2.75) is 13.3 Å². The van der Waals surface area contributed by atoms with E-state index in [0.717, 1.165) is 34.3 Å². The van der Waals surface area contributed by atoms with Crippen molar-refractivity contribution in [1.29, 1.82) is 0 Å². The van der Waals surface area contributed by atoms with Gasteiger partial charge >= 0.3 is 0 Å². The number of para-hydroxylation sites is 1. The topological polar surface area (TPSA) is 42.0 Å². The summed E-state index contributed by atoms with van der Waals surface area (Å²) in [6.45, 7) is 2.03. The summed E-state index contributed by atoms with van der Waals surface area (Å²) in [6.07, 6.45) is 0.834. The molecule has 112 valence electrons. The maximum absolute atomic E-state index is 13.6. The number of nitrogens with zero attached hydrogens (tertiary/aromatic N) is 1. The molecule has 0 bridgehead atoms. The van der Waals surface area contributed by atoms with E-state index in [-0.39, 0.29) is 5.56 Å². The number of fused-ring (bicyclic) bond motifs is 1. The monoisotopic (exact) mass is 318 g/mol. The Hall–Kier alpha value is -2.34. The van der Waals surface area contributed by atoms with Gasteiger partial charge < -0.3 is 0 Å². The Morgan fingerprint density at radius 2 is 2.09 bits per heavy atom. The van der Waals surface area contributed by atoms with Gasteiger partial charge in [0.15, 0.2) is 5.13 Å². The molecule has 1 N–H and O–H groups in total. The van der Waals surface area contributed by atoms with E-state index in [4.69, 9.17) is 0 Å². The van der Waals surface area contributed by atoms with Crippen LogP contribution in [0.25, 0.3) is 10.2 Å². The lowest BCUT2D eigenvalue weighted by atomic mass is 10.1. The molecular formula is C16H12F2N2OS. The van der Waals surface area contributed by atoms with Crippen LogP contribution in [0, 0.1) is 11.6 Å². The van der Waals surface area contributed by atoms with Crippen LogP contribution in [0.4, 0.5) is 13.9 Å². The third-order valence-corrected chi connectivity index (χ3v) is 4.22. The van der Waals surface area contributed by atoms with E-state index >= 15 is 0 Å². The van der Waals surface area contributed by atoms with E-state index in [1.807, 2.05) is 25.1 Å². The minimum Gasteiger partial charge on any atom is -0.298 e. The molecule has 2 aromatic carbocycles. The highest BCUT2D eigenvalue weighted by atomic mass is 32.1. The Balaban J connectivity index is 1.91. The summed E-state index contributed by atoms with van der Waals surface area (Å²) in [6, 6.07) is 8.68. The van der Waals surface area contributed by atoms with Gasteiger partial charge in [-0.3, -0.25) is 10.1 Å². The highest BCUT2D eigenvalue weighted by molar-refractivity contribution is 7.22. The van der Waals surface area contributed by atoms with Gasteiger partial charge in [0.05, 0.1) is 15.8 Å². The van der Waals surface area contributed by atoms with Crippen LogP contribution in [0.5, 0.6) is 0 Å². The molecule has 0 fully saturated rings. The van der Waals surface area contributed by atoms with Gasteiger partial charge in [0, 0.05) is 6.07 Å². The predicted octanol–water partition coefficient (Wildman–Crippen LogP) is 4.39. The second-order valence-corrected chi connectivity index (χ2v) is 5.75. The Kier molecular flexibility index (Phi) is 3.85. The lowest BCUT2D eigenvalue weighted by Crippen LogP contribution is -2.13. The minimum absolute atomic E-state index is 0.212. The highest BCUT2D eigenvalue weighted by Crippen LogP contribution is 2.29. The van der Waals surface area contributed by atoms with Gasteiger partial charge in [0.2, 0.25) is 0 Å². The molecule has 0 spiro atoms. The van der Waals surface area contributed by atoms with Crippen LogP contribution < -0.4 is 5.32 Å². The van der Waals surface area contributed by atoms with Crippen LogP contribution in [0.1, 0.15) is 22.8 Å². The first-order chi connectivity index (χ1) is 10.6. The number of anilines is 1. The normalized spacial score (nSPS) is 10.9. The quantitative estimate of drug-likeness (QED) is 0.778. The first kappa shape index (κ1) is 14.6. The third-order valence-electron chi connectivity index (χ3n) is 3.28. The summed E-state index contributed by atoms with van der Waals surface area (Å²) < 4.78 is 27.4. The molecular weight excluding hydrogens is 306 g/mol. The Bertz CT molecular complexity index is 860. The second kappa shape index (κ2) is 5.81. The minimum atomic E-state index is -0.896. The van der Waals surface area contributed by atoms with Gasteiger partial charge in [-0.05, 0) is 30.2 Å². The predicted molar refractivity (Wildman–Crippen MR) is 83.3 cm³/mol. The molecule has 22 heavy (non-hydrogen) atoms. The van der Waals surface area contributed by atoms with E-state index in [2.05, 4.69) is 10.3 Å². The Morgan fingerprint density at radius 3 is 2.82 bits per heavy atom. The van der Waals surface area contributed by atoms with E-state index in [9.17, 15) is 13.6 Å².